The number of aliphatic hydroxyl groups is 3. The monoisotopic (exact) mass is 1550 g/mol. The van der Waals surface area contributed by atoms with E-state index in [4.69, 9.17) is 32.2 Å². The molecule has 7 unspecified atom stereocenters. The van der Waals surface area contributed by atoms with Crippen LogP contribution in [0.15, 0.2) is 226 Å². The van der Waals surface area contributed by atoms with Gasteiger partial charge in [0.1, 0.15) is 103 Å². The molecule has 590 valence electrons. The molecule has 25 heteroatoms. The van der Waals surface area contributed by atoms with Gasteiger partial charge >= 0.3 is 0 Å². The average molecular weight is 1550 g/mol. The van der Waals surface area contributed by atoms with Gasteiger partial charge in [-0.25, -0.2) is 29.9 Å². The second-order valence-electron chi connectivity index (χ2n) is 31.7. The molecule has 6 bridgehead atoms. The van der Waals surface area contributed by atoms with Gasteiger partial charge in [0, 0.05) is 111 Å². The van der Waals surface area contributed by atoms with Crippen LogP contribution in [0.25, 0.3) is 50.3 Å². The van der Waals surface area contributed by atoms with Crippen LogP contribution in [0.3, 0.4) is 0 Å². The van der Waals surface area contributed by atoms with Crippen LogP contribution in [0.2, 0.25) is 0 Å². The Balaban J connectivity index is 0.000000131. The van der Waals surface area contributed by atoms with E-state index < -0.39 is 22.8 Å². The SMILES string of the molecule is C=CC(=O)N1C(c2nc(-c3ccc(C(C)(O)c4ccccc4)cc3)c3c(N)nccn23)[C@@H]2C[C@H]1CN2C(C)=O.C=CC(=O)N1C2C[C@@H](C1c1nc(-c3ccc(C(C)(O)c4ccccc4)cc3)c3c(N)nccn13)N(C)C2.CC#CC(=O)N1C(c2nc(-c3ccc(C(C)(O)c4ccccc4)cc3)c3c(N)nccn23)[C@@H]2C[C@H]1CN2C(C)C. The fourth-order valence-corrected chi connectivity index (χ4v) is 18.8. The zero-order chi connectivity index (χ0) is 81.6. The first-order valence-electron chi connectivity index (χ1n) is 39.2. The number of nitrogens with zero attached hydrogens (tertiary/aromatic N) is 15. The predicted octanol–water partition coefficient (Wildman–Crippen LogP) is 10.7. The van der Waals surface area contributed by atoms with Gasteiger partial charge in [0.05, 0.1) is 12.1 Å². The van der Waals surface area contributed by atoms with E-state index >= 15 is 0 Å². The van der Waals surface area contributed by atoms with E-state index in [2.05, 4.69) is 70.6 Å². The van der Waals surface area contributed by atoms with Crippen LogP contribution in [-0.4, -0.2) is 180 Å². The van der Waals surface area contributed by atoms with Crippen LogP contribution in [0, 0.1) is 11.8 Å². The van der Waals surface area contributed by atoms with Crippen LogP contribution in [-0.2, 0) is 36.0 Å². The Bertz CT molecular complexity index is 5860. The quantitative estimate of drug-likeness (QED) is 0.0410. The van der Waals surface area contributed by atoms with Gasteiger partial charge in [-0.15, -0.1) is 0 Å². The average Bonchev–Trinajstić information content (AvgIpc) is 1.57. The second kappa shape index (κ2) is 30.2. The molecule has 6 aliphatic rings. The molecule has 12 heterocycles. The van der Waals surface area contributed by atoms with Crippen molar-refractivity contribution < 1.29 is 34.5 Å². The van der Waals surface area contributed by atoms with Crippen LogP contribution in [0.5, 0.6) is 0 Å². The number of benzene rings is 6. The number of aromatic nitrogens is 9. The topological polar surface area (TPSA) is 317 Å². The molecule has 25 nitrogen and oxygen atoms in total. The molecule has 0 aliphatic carbocycles. The van der Waals surface area contributed by atoms with Gasteiger partial charge in [0.25, 0.3) is 5.91 Å². The Kier molecular flexibility index (Phi) is 20.1. The Labute approximate surface area is 672 Å². The van der Waals surface area contributed by atoms with E-state index in [-0.39, 0.29) is 72.0 Å². The minimum atomic E-state index is -1.17. The van der Waals surface area contributed by atoms with Crippen molar-refractivity contribution in [3.63, 3.8) is 0 Å². The lowest BCUT2D eigenvalue weighted by molar-refractivity contribution is -0.139. The summed E-state index contributed by atoms with van der Waals surface area (Å²) in [5.74, 6) is 8.25. The van der Waals surface area contributed by atoms with Gasteiger partial charge in [-0.1, -0.05) is 183 Å². The summed E-state index contributed by atoms with van der Waals surface area (Å²) in [5, 5.41) is 33.9. The van der Waals surface area contributed by atoms with E-state index in [1.165, 1.54) is 12.2 Å². The number of hydrogen-bond donors (Lipinski definition) is 6. The van der Waals surface area contributed by atoms with Crippen molar-refractivity contribution in [1.82, 2.24) is 72.5 Å². The third-order valence-corrected chi connectivity index (χ3v) is 24.6. The third-order valence-electron chi connectivity index (χ3n) is 24.6. The molecule has 6 aromatic carbocycles. The number of anilines is 3. The van der Waals surface area contributed by atoms with E-state index in [0.29, 0.717) is 75.9 Å². The van der Waals surface area contributed by atoms with Crippen molar-refractivity contribution in [2.45, 2.75) is 145 Å². The smallest absolute Gasteiger partial charge is 0.299 e. The van der Waals surface area contributed by atoms with Crippen LogP contribution >= 0.6 is 0 Å². The molecular formula is C91H94N18O7. The summed E-state index contributed by atoms with van der Waals surface area (Å²) in [6.07, 6.45) is 15.6. The molecule has 6 fully saturated rings. The largest absolute Gasteiger partial charge is 0.382 e. The summed E-state index contributed by atoms with van der Waals surface area (Å²) in [6, 6.07) is 51.3. The van der Waals surface area contributed by atoms with E-state index in [1.807, 2.05) is 204 Å². The molecule has 0 radical (unpaired) electrons. The van der Waals surface area contributed by atoms with Crippen LogP contribution in [0.4, 0.5) is 17.5 Å². The fourth-order valence-electron chi connectivity index (χ4n) is 18.8. The standard InChI is InChI=1S/C32H34N6O2.C30H30N6O3.C29H30N6O2/c1-5-9-26(39)38-24-18-25(37(19-24)20(2)3)28(38)31-35-27(29-30(33)34-16-17-36(29)31)21-12-14-23(15-13-21)32(4,40)22-10-7-6-8-11-22;1-4-24(38)36-22-16-23(35(17-22)18(2)37)26(36)29-33-25(27-28(31)32-14-15-34(27)29)19-10-12-21(13-11-19)30(3,39)20-8-6-5-7-9-20;1-4-23(36)35-21-16-22(33(3)17-21)25(35)28-32-24(26-27(30)31-14-15-34(26)28)18-10-12-20(13-11-18)29(2,37)19-8-6-5-7-9-19/h6-8,10-17,20,24-25,28,40H,18-19H2,1-4H3,(H2,33,34);4-15,22-23,26,39H,1,16-17H2,2-3H3,(H2,31,32);4-15,21-22,25,37H,1,16-17H2,2-3H3,(H2,30,31)/t24-,25-,28?,32?;22-,23-,26?,30?;21?,22-,25?,29?/m000/s1. The number of nitrogen functional groups attached to an aromatic ring is 3. The molecule has 0 spiro atoms. The highest BCUT2D eigenvalue weighted by atomic mass is 16.3. The molecule has 6 aromatic heterocycles. The third kappa shape index (κ3) is 13.2. The molecule has 18 rings (SSSR count). The summed E-state index contributed by atoms with van der Waals surface area (Å²) in [4.78, 5) is 92.2. The first kappa shape index (κ1) is 77.2. The molecule has 116 heavy (non-hydrogen) atoms. The normalized spacial score (nSPS) is 22.2. The van der Waals surface area contributed by atoms with Crippen LogP contribution in [0.1, 0.15) is 137 Å². The van der Waals surface area contributed by atoms with Crippen molar-refractivity contribution in [2.24, 2.45) is 0 Å². The first-order valence-corrected chi connectivity index (χ1v) is 39.2. The highest BCUT2D eigenvalue weighted by molar-refractivity contribution is 5.95. The van der Waals surface area contributed by atoms with Crippen molar-refractivity contribution in [1.29, 1.82) is 0 Å². The van der Waals surface area contributed by atoms with Crippen molar-refractivity contribution in [3.05, 3.63) is 277 Å². The number of likely N-dealkylation sites (tertiary alicyclic amines) is 6. The molecule has 6 saturated heterocycles. The number of fused-ring (bicyclic) bond motifs is 9. The number of carbonyl (C=O) groups is 4. The maximum atomic E-state index is 13.3. The molecule has 4 amide bonds. The van der Waals surface area contributed by atoms with Crippen molar-refractivity contribution in [3.8, 4) is 45.6 Å². The molecule has 12 atom stereocenters. The van der Waals surface area contributed by atoms with E-state index in [1.54, 1.807) is 64.3 Å². The lowest BCUT2D eigenvalue weighted by Crippen LogP contribution is -2.52. The van der Waals surface area contributed by atoms with Gasteiger partial charge in [-0.3, -0.25) is 42.2 Å². The van der Waals surface area contributed by atoms with E-state index in [0.717, 1.165) is 87.7 Å². The molecular weight excluding hydrogens is 1460 g/mol. The number of piperazine rings is 3. The second-order valence-corrected chi connectivity index (χ2v) is 31.7. The van der Waals surface area contributed by atoms with Gasteiger partial charge < -0.3 is 52.1 Å². The van der Waals surface area contributed by atoms with Crippen LogP contribution < -0.4 is 17.2 Å². The van der Waals surface area contributed by atoms with Gasteiger partial charge in [0.15, 0.2) is 0 Å². The lowest BCUT2D eigenvalue weighted by atomic mass is 9.87. The lowest BCUT2D eigenvalue weighted by Gasteiger charge is -2.41. The Morgan fingerprint density at radius 3 is 1.16 bits per heavy atom. The number of imidazole rings is 3. The summed E-state index contributed by atoms with van der Waals surface area (Å²) in [7, 11) is 2.09. The van der Waals surface area contributed by atoms with Gasteiger partial charge in [0.2, 0.25) is 17.7 Å². The highest BCUT2D eigenvalue weighted by Gasteiger charge is 2.57. The summed E-state index contributed by atoms with van der Waals surface area (Å²) < 4.78 is 5.82. The number of hydrogen-bond acceptors (Lipinski definition) is 18. The zero-order valence-electron chi connectivity index (χ0n) is 66.1. The Morgan fingerprint density at radius 2 is 0.802 bits per heavy atom. The maximum absolute atomic E-state index is 13.3. The predicted molar refractivity (Wildman–Crippen MR) is 445 cm³/mol. The fraction of sp³-hybridized carbons (Fsp3) is 0.297. The van der Waals surface area contributed by atoms with Crippen molar-refractivity contribution >= 4 is 57.6 Å². The number of likely N-dealkylation sites (N-methyl/N-ethyl adjacent to an activating group) is 1. The Morgan fingerprint density at radius 1 is 0.474 bits per heavy atom. The summed E-state index contributed by atoms with van der Waals surface area (Å²) in [5.41, 5.74) is 27.0. The van der Waals surface area contributed by atoms with Crippen molar-refractivity contribution in [2.75, 3.05) is 43.9 Å². The van der Waals surface area contributed by atoms with Gasteiger partial charge in [-0.2, -0.15) is 0 Å². The Hall–Kier alpha value is -12.7. The highest BCUT2D eigenvalue weighted by Crippen LogP contribution is 2.50. The number of carbonyl (C=O) groups excluding carboxylic acids is 4. The minimum Gasteiger partial charge on any atom is -0.382 e. The summed E-state index contributed by atoms with van der Waals surface area (Å²) in [6.45, 7) is 22.6. The maximum Gasteiger partial charge on any atom is 0.299 e. The first-order chi connectivity index (χ1) is 55.7. The number of nitrogens with two attached hydrogens (primary N) is 3. The molecule has 6 aliphatic heterocycles. The summed E-state index contributed by atoms with van der Waals surface area (Å²) >= 11 is 0. The zero-order valence-corrected chi connectivity index (χ0v) is 66.1. The molecule has 9 N–H and O–H groups in total. The molecule has 0 saturated carbocycles. The number of amides is 4. The molecule has 12 aromatic rings. The van der Waals surface area contributed by atoms with E-state index in [9.17, 15) is 34.5 Å². The van der Waals surface area contributed by atoms with Gasteiger partial charge in [-0.05, 0) is 119 Å². The number of rotatable bonds is 15. The minimum absolute atomic E-state index is 0.0264.